The highest BCUT2D eigenvalue weighted by Crippen LogP contribution is 2.25. The van der Waals surface area contributed by atoms with Gasteiger partial charge < -0.3 is 37.6 Å². The summed E-state index contributed by atoms with van der Waals surface area (Å²) in [6.45, 7) is -0.164. The number of hydrogen-bond acceptors (Lipinski definition) is 7. The van der Waals surface area contributed by atoms with Crippen LogP contribution in [0.25, 0.3) is 0 Å². The van der Waals surface area contributed by atoms with Crippen LogP contribution in [-0.4, -0.2) is 82.3 Å². The maximum Gasteiger partial charge on any atom is 0.326 e. The summed E-state index contributed by atoms with van der Waals surface area (Å²) in [7, 11) is 0. The highest BCUT2D eigenvalue weighted by Gasteiger charge is 2.44. The van der Waals surface area contributed by atoms with Crippen LogP contribution in [0.15, 0.2) is 4.99 Å². The predicted octanol–water partition coefficient (Wildman–Crippen LogP) is -2.78. The highest BCUT2D eigenvalue weighted by atomic mass is 16.4. The third-order valence-corrected chi connectivity index (χ3v) is 4.69. The SMILES string of the molecule is NCC(=O)N[C@@H](CCC(=O)O)C(=O)[C@H]1CCN([C@@H](CCCN=C(N)N)C(=O)O)C1=O. The first-order chi connectivity index (χ1) is 14.1. The molecule has 13 heteroatoms. The van der Waals surface area contributed by atoms with Gasteiger partial charge in [-0.2, -0.15) is 0 Å². The van der Waals surface area contributed by atoms with Gasteiger partial charge in [0.25, 0.3) is 0 Å². The lowest BCUT2D eigenvalue weighted by Gasteiger charge is -2.25. The van der Waals surface area contributed by atoms with E-state index in [0.717, 1.165) is 4.90 Å². The Morgan fingerprint density at radius 1 is 1.20 bits per heavy atom. The van der Waals surface area contributed by atoms with Crippen LogP contribution >= 0.6 is 0 Å². The minimum atomic E-state index is -1.22. The van der Waals surface area contributed by atoms with Gasteiger partial charge in [0.05, 0.1) is 12.6 Å². The topological polar surface area (TPSA) is 232 Å². The molecule has 0 spiro atoms. The molecule has 1 aliphatic heterocycles. The van der Waals surface area contributed by atoms with Gasteiger partial charge in [-0.25, -0.2) is 4.79 Å². The van der Waals surface area contributed by atoms with E-state index in [1.807, 2.05) is 0 Å². The molecule has 3 atom stereocenters. The summed E-state index contributed by atoms with van der Waals surface area (Å²) >= 11 is 0. The molecule has 168 valence electrons. The van der Waals surface area contributed by atoms with Crippen molar-refractivity contribution in [2.45, 2.75) is 44.2 Å². The zero-order valence-electron chi connectivity index (χ0n) is 16.5. The Kier molecular flexibility index (Phi) is 9.68. The van der Waals surface area contributed by atoms with Crippen LogP contribution in [0.1, 0.15) is 32.1 Å². The molecule has 9 N–H and O–H groups in total. The van der Waals surface area contributed by atoms with Crippen LogP contribution in [-0.2, 0) is 24.0 Å². The molecular formula is C17H28N6O7. The molecule has 0 bridgehead atoms. The fourth-order valence-corrected chi connectivity index (χ4v) is 3.23. The molecule has 1 heterocycles. The molecule has 30 heavy (non-hydrogen) atoms. The van der Waals surface area contributed by atoms with Crippen molar-refractivity contribution in [1.82, 2.24) is 10.2 Å². The average molecular weight is 428 g/mol. The minimum Gasteiger partial charge on any atom is -0.481 e. The van der Waals surface area contributed by atoms with Crippen molar-refractivity contribution in [3.05, 3.63) is 0 Å². The number of likely N-dealkylation sites (tertiary alicyclic amines) is 1. The summed E-state index contributed by atoms with van der Waals surface area (Å²) in [5.74, 6) is -5.67. The van der Waals surface area contributed by atoms with Crippen LogP contribution < -0.4 is 22.5 Å². The number of aliphatic imine (C=N–C) groups is 1. The van der Waals surface area contributed by atoms with E-state index in [0.29, 0.717) is 6.42 Å². The number of hydrogen-bond donors (Lipinski definition) is 6. The summed E-state index contributed by atoms with van der Waals surface area (Å²) in [5.41, 5.74) is 15.7. The smallest absolute Gasteiger partial charge is 0.326 e. The van der Waals surface area contributed by atoms with Gasteiger partial charge in [0.1, 0.15) is 12.0 Å². The van der Waals surface area contributed by atoms with E-state index >= 15 is 0 Å². The lowest BCUT2D eigenvalue weighted by Crippen LogP contribution is -2.49. The Morgan fingerprint density at radius 3 is 2.40 bits per heavy atom. The molecule has 1 saturated heterocycles. The first-order valence-electron chi connectivity index (χ1n) is 9.42. The molecule has 13 nitrogen and oxygen atoms in total. The first-order valence-corrected chi connectivity index (χ1v) is 9.42. The van der Waals surface area contributed by atoms with Crippen LogP contribution in [0.2, 0.25) is 0 Å². The van der Waals surface area contributed by atoms with Crippen molar-refractivity contribution in [2.24, 2.45) is 28.1 Å². The first kappa shape index (κ1) is 24.8. The Bertz CT molecular complexity index is 707. The molecule has 2 amide bonds. The van der Waals surface area contributed by atoms with Crippen LogP contribution in [0.3, 0.4) is 0 Å². The van der Waals surface area contributed by atoms with E-state index in [2.05, 4.69) is 10.3 Å². The molecule has 1 rings (SSSR count). The van der Waals surface area contributed by atoms with Crippen LogP contribution in [0, 0.1) is 5.92 Å². The number of nitrogens with two attached hydrogens (primary N) is 3. The van der Waals surface area contributed by atoms with Crippen molar-refractivity contribution in [2.75, 3.05) is 19.6 Å². The van der Waals surface area contributed by atoms with E-state index in [1.54, 1.807) is 0 Å². The number of nitrogens with zero attached hydrogens (tertiary/aromatic N) is 2. The van der Waals surface area contributed by atoms with Gasteiger partial charge in [-0.1, -0.05) is 0 Å². The molecular weight excluding hydrogens is 400 g/mol. The van der Waals surface area contributed by atoms with E-state index in [1.165, 1.54) is 0 Å². The number of ketones is 1. The van der Waals surface area contributed by atoms with E-state index in [9.17, 15) is 29.1 Å². The number of aliphatic carboxylic acids is 2. The largest absolute Gasteiger partial charge is 0.481 e. The molecule has 0 radical (unpaired) electrons. The average Bonchev–Trinajstić information content (AvgIpc) is 3.04. The summed E-state index contributed by atoms with van der Waals surface area (Å²) in [6, 6.07) is -2.35. The maximum atomic E-state index is 12.8. The Morgan fingerprint density at radius 2 is 1.87 bits per heavy atom. The number of carbonyl (C=O) groups excluding carboxylic acids is 3. The lowest BCUT2D eigenvalue weighted by molar-refractivity contribution is -0.151. The van der Waals surface area contributed by atoms with E-state index in [4.69, 9.17) is 22.3 Å². The van der Waals surface area contributed by atoms with Crippen molar-refractivity contribution in [3.63, 3.8) is 0 Å². The van der Waals surface area contributed by atoms with Crippen molar-refractivity contribution < 1.29 is 34.2 Å². The highest BCUT2D eigenvalue weighted by molar-refractivity contribution is 6.06. The second-order valence-electron chi connectivity index (χ2n) is 6.83. The van der Waals surface area contributed by atoms with Gasteiger partial charge in [-0.3, -0.25) is 24.2 Å². The van der Waals surface area contributed by atoms with Gasteiger partial charge in [0, 0.05) is 19.5 Å². The molecule has 0 aromatic rings. The molecule has 1 aliphatic rings. The molecule has 1 fully saturated rings. The number of rotatable bonds is 13. The normalized spacial score (nSPS) is 17.8. The second-order valence-corrected chi connectivity index (χ2v) is 6.83. The Hall–Kier alpha value is -3.22. The maximum absolute atomic E-state index is 12.8. The third-order valence-electron chi connectivity index (χ3n) is 4.69. The van der Waals surface area contributed by atoms with Crippen molar-refractivity contribution >= 4 is 35.5 Å². The van der Waals surface area contributed by atoms with Crippen molar-refractivity contribution in [1.29, 1.82) is 0 Å². The zero-order chi connectivity index (χ0) is 22.8. The third kappa shape index (κ3) is 7.31. The van der Waals surface area contributed by atoms with Gasteiger partial charge in [0.2, 0.25) is 11.8 Å². The number of nitrogens with one attached hydrogen (secondary N) is 1. The van der Waals surface area contributed by atoms with Gasteiger partial charge in [0.15, 0.2) is 11.7 Å². The Labute approximate surface area is 172 Å². The number of carboxylic acid groups (broad SMARTS) is 2. The second kappa shape index (κ2) is 11.7. The monoisotopic (exact) mass is 428 g/mol. The number of Topliss-reactive ketones (excluding diaryl/α,β-unsaturated/α-hetero) is 1. The predicted molar refractivity (Wildman–Crippen MR) is 104 cm³/mol. The number of carboxylic acids is 2. The zero-order valence-corrected chi connectivity index (χ0v) is 16.5. The van der Waals surface area contributed by atoms with Gasteiger partial charge in [-0.05, 0) is 25.7 Å². The fourth-order valence-electron chi connectivity index (χ4n) is 3.23. The standard InChI is InChI=1S/C17H28N6O7/c18-8-12(24)22-10(3-4-13(25)26)14(27)9-5-7-23(15(9)28)11(16(29)30)2-1-6-21-17(19)20/h9-11H,1-8,18H2,(H,22,24)(H,25,26)(H,29,30)(H4,19,20,21)/t9-,10+,11+/m1/s1. The molecule has 0 saturated carbocycles. The van der Waals surface area contributed by atoms with Crippen LogP contribution in [0.5, 0.6) is 0 Å². The number of amides is 2. The lowest BCUT2D eigenvalue weighted by atomic mass is 9.93. The quantitative estimate of drug-likeness (QED) is 0.0764. The molecule has 0 aromatic carbocycles. The fraction of sp³-hybridized carbons (Fsp3) is 0.647. The van der Waals surface area contributed by atoms with Crippen LogP contribution in [0.4, 0.5) is 0 Å². The molecule has 0 unspecified atom stereocenters. The molecule has 0 aliphatic carbocycles. The number of carbonyl (C=O) groups is 5. The van der Waals surface area contributed by atoms with Gasteiger partial charge >= 0.3 is 11.9 Å². The summed E-state index contributed by atoms with van der Waals surface area (Å²) in [5, 5.41) is 20.7. The number of guanidine groups is 1. The van der Waals surface area contributed by atoms with Gasteiger partial charge in [-0.15, -0.1) is 0 Å². The Balaban J connectivity index is 2.87. The van der Waals surface area contributed by atoms with E-state index < -0.39 is 60.5 Å². The molecule has 0 aromatic heterocycles. The summed E-state index contributed by atoms with van der Waals surface area (Å²) < 4.78 is 0. The summed E-state index contributed by atoms with van der Waals surface area (Å²) in [4.78, 5) is 64.5. The van der Waals surface area contributed by atoms with E-state index in [-0.39, 0.29) is 38.3 Å². The minimum absolute atomic E-state index is 0.0466. The summed E-state index contributed by atoms with van der Waals surface area (Å²) in [6.07, 6.45) is -0.132. The van der Waals surface area contributed by atoms with Crippen molar-refractivity contribution in [3.8, 4) is 0 Å².